The zero-order chi connectivity index (χ0) is 21.8. The van der Waals surface area contributed by atoms with E-state index in [1.165, 1.54) is 11.3 Å². The molecule has 0 amide bonds. The molecule has 0 aromatic heterocycles. The number of aryl methyl sites for hydroxylation is 1. The average Bonchev–Trinajstić information content (AvgIpc) is 2.74. The van der Waals surface area contributed by atoms with Gasteiger partial charge in [0, 0.05) is 43.3 Å². The van der Waals surface area contributed by atoms with Crippen molar-refractivity contribution in [2.75, 3.05) is 37.6 Å². The predicted octanol–water partition coefficient (Wildman–Crippen LogP) is 4.64. The first kappa shape index (κ1) is 21.4. The fraction of sp³-hybridized carbons (Fsp3) is 0.423. The molecule has 1 atom stereocenters. The molecule has 0 saturated carbocycles. The van der Waals surface area contributed by atoms with Crippen LogP contribution in [-0.2, 0) is 4.79 Å². The number of allylic oxidation sites excluding steroid dienone is 2. The summed E-state index contributed by atoms with van der Waals surface area (Å²) in [4.78, 5) is 17.3. The van der Waals surface area contributed by atoms with Gasteiger partial charge in [-0.25, -0.2) is 0 Å². The summed E-state index contributed by atoms with van der Waals surface area (Å²) in [6, 6.07) is 14.0. The number of nitrogens with zero attached hydrogens (tertiary/aromatic N) is 2. The van der Waals surface area contributed by atoms with Crippen LogP contribution in [-0.4, -0.2) is 48.7 Å². The molecule has 0 bridgehead atoms. The number of benzene rings is 2. The van der Waals surface area contributed by atoms with Crippen LogP contribution in [0.15, 0.2) is 54.1 Å². The van der Waals surface area contributed by atoms with Gasteiger partial charge in [0.05, 0.1) is 6.54 Å². The third-order valence-electron chi connectivity index (χ3n) is 6.28. The number of carbonyl (C=O) groups is 1. The van der Waals surface area contributed by atoms with Gasteiger partial charge in [0.1, 0.15) is 11.5 Å². The van der Waals surface area contributed by atoms with Crippen LogP contribution >= 0.6 is 0 Å². The predicted molar refractivity (Wildman–Crippen MR) is 124 cm³/mol. The van der Waals surface area contributed by atoms with Crippen molar-refractivity contribution in [3.8, 4) is 11.5 Å². The summed E-state index contributed by atoms with van der Waals surface area (Å²) >= 11 is 0. The fourth-order valence-electron chi connectivity index (χ4n) is 4.68. The van der Waals surface area contributed by atoms with Crippen molar-refractivity contribution < 1.29 is 14.6 Å². The number of piperazine rings is 1. The molecule has 1 fully saturated rings. The van der Waals surface area contributed by atoms with Crippen LogP contribution in [0.2, 0.25) is 0 Å². The third kappa shape index (κ3) is 5.28. The van der Waals surface area contributed by atoms with E-state index in [1.807, 2.05) is 19.1 Å². The SMILES string of the molecule is CC1=CC(c2c(O)cc(C)cc2OC(=O)CN2CCN(c3ccccc3)CC2)CCC1. The molecule has 2 aliphatic rings. The Morgan fingerprint density at radius 1 is 1.10 bits per heavy atom. The second-order valence-corrected chi connectivity index (χ2v) is 8.78. The minimum absolute atomic E-state index is 0.0894. The Bertz CT molecular complexity index is 947. The summed E-state index contributed by atoms with van der Waals surface area (Å²) < 4.78 is 5.83. The van der Waals surface area contributed by atoms with E-state index in [1.54, 1.807) is 6.07 Å². The first-order valence-electron chi connectivity index (χ1n) is 11.2. The maximum atomic E-state index is 12.8. The van der Waals surface area contributed by atoms with Gasteiger partial charge >= 0.3 is 5.97 Å². The van der Waals surface area contributed by atoms with Gasteiger partial charge in [0.25, 0.3) is 0 Å². The van der Waals surface area contributed by atoms with Crippen LogP contribution in [0.4, 0.5) is 5.69 Å². The van der Waals surface area contributed by atoms with Crippen molar-refractivity contribution in [3.63, 3.8) is 0 Å². The van der Waals surface area contributed by atoms with E-state index >= 15 is 0 Å². The molecule has 0 spiro atoms. The van der Waals surface area contributed by atoms with Crippen LogP contribution < -0.4 is 9.64 Å². The first-order valence-corrected chi connectivity index (χ1v) is 11.2. The maximum Gasteiger partial charge on any atom is 0.325 e. The van der Waals surface area contributed by atoms with Crippen LogP contribution in [0.5, 0.6) is 11.5 Å². The zero-order valence-electron chi connectivity index (χ0n) is 18.5. The highest BCUT2D eigenvalue weighted by Crippen LogP contribution is 2.41. The first-order chi connectivity index (χ1) is 15.0. The molecule has 1 heterocycles. The molecular formula is C26H32N2O3. The fourth-order valence-corrected chi connectivity index (χ4v) is 4.68. The molecule has 1 aliphatic heterocycles. The number of phenolic OH excluding ortho intramolecular Hbond substituents is 1. The molecular weight excluding hydrogens is 388 g/mol. The summed E-state index contributed by atoms with van der Waals surface area (Å²) in [5.41, 5.74) is 4.18. The third-order valence-corrected chi connectivity index (χ3v) is 6.28. The summed E-state index contributed by atoms with van der Waals surface area (Å²) in [6.45, 7) is 7.71. The van der Waals surface area contributed by atoms with Crippen molar-refractivity contribution >= 4 is 11.7 Å². The summed E-state index contributed by atoms with van der Waals surface area (Å²) in [6.07, 6.45) is 5.33. The Morgan fingerprint density at radius 2 is 1.84 bits per heavy atom. The van der Waals surface area contributed by atoms with Gasteiger partial charge in [-0.15, -0.1) is 0 Å². The van der Waals surface area contributed by atoms with E-state index in [-0.39, 0.29) is 24.2 Å². The molecule has 1 aliphatic carbocycles. The lowest BCUT2D eigenvalue weighted by Crippen LogP contribution is -2.48. The van der Waals surface area contributed by atoms with Crippen molar-refractivity contribution in [1.82, 2.24) is 4.90 Å². The number of para-hydroxylation sites is 1. The lowest BCUT2D eigenvalue weighted by molar-refractivity contribution is -0.135. The van der Waals surface area contributed by atoms with E-state index in [4.69, 9.17) is 4.74 Å². The molecule has 2 aromatic carbocycles. The monoisotopic (exact) mass is 420 g/mol. The van der Waals surface area contributed by atoms with Crippen molar-refractivity contribution in [2.45, 2.75) is 39.0 Å². The molecule has 1 saturated heterocycles. The Labute approximate surface area is 184 Å². The largest absolute Gasteiger partial charge is 0.507 e. The number of aromatic hydroxyl groups is 1. The van der Waals surface area contributed by atoms with Gasteiger partial charge in [0.15, 0.2) is 0 Å². The van der Waals surface area contributed by atoms with Crippen LogP contribution in [0, 0.1) is 6.92 Å². The summed E-state index contributed by atoms with van der Waals surface area (Å²) in [7, 11) is 0. The van der Waals surface area contributed by atoms with Gasteiger partial charge in [0.2, 0.25) is 0 Å². The number of carbonyl (C=O) groups excluding carboxylic acids is 1. The minimum Gasteiger partial charge on any atom is -0.507 e. The molecule has 2 aromatic rings. The lowest BCUT2D eigenvalue weighted by atomic mass is 9.85. The Balaban J connectivity index is 1.40. The molecule has 5 heteroatoms. The molecule has 4 rings (SSSR count). The van der Waals surface area contributed by atoms with Crippen molar-refractivity contribution in [1.29, 1.82) is 0 Å². The molecule has 1 N–H and O–H groups in total. The topological polar surface area (TPSA) is 53.0 Å². The second-order valence-electron chi connectivity index (χ2n) is 8.78. The number of phenols is 1. The maximum absolute atomic E-state index is 12.8. The number of hydrogen-bond acceptors (Lipinski definition) is 5. The number of hydrogen-bond donors (Lipinski definition) is 1. The average molecular weight is 421 g/mol. The number of esters is 1. The number of ether oxygens (including phenoxy) is 1. The van der Waals surface area contributed by atoms with Gasteiger partial charge in [-0.2, -0.15) is 0 Å². The number of rotatable bonds is 5. The number of anilines is 1. The van der Waals surface area contributed by atoms with Crippen LogP contribution in [0.25, 0.3) is 0 Å². The molecule has 164 valence electrons. The van der Waals surface area contributed by atoms with Gasteiger partial charge < -0.3 is 14.7 Å². The van der Waals surface area contributed by atoms with E-state index in [0.29, 0.717) is 5.75 Å². The molecule has 5 nitrogen and oxygen atoms in total. The van der Waals surface area contributed by atoms with Gasteiger partial charge in [-0.3, -0.25) is 9.69 Å². The summed E-state index contributed by atoms with van der Waals surface area (Å²) in [5, 5.41) is 10.6. The Morgan fingerprint density at radius 3 is 2.55 bits per heavy atom. The minimum atomic E-state index is -0.268. The highest BCUT2D eigenvalue weighted by Gasteiger charge is 2.25. The Kier molecular flexibility index (Phi) is 6.62. The second kappa shape index (κ2) is 9.56. The van der Waals surface area contributed by atoms with Crippen LogP contribution in [0.3, 0.4) is 0 Å². The van der Waals surface area contributed by atoms with Gasteiger partial charge in [-0.05, 0) is 62.9 Å². The highest BCUT2D eigenvalue weighted by atomic mass is 16.5. The quantitative estimate of drug-likeness (QED) is 0.434. The standard InChI is InChI=1S/C26H32N2O3/c1-19-7-6-8-21(15-19)26-23(29)16-20(2)17-24(26)31-25(30)18-27-11-13-28(14-12-27)22-9-4-3-5-10-22/h3-5,9-10,15-17,21,29H,6-8,11-14,18H2,1-2H3. The molecule has 0 radical (unpaired) electrons. The molecule has 31 heavy (non-hydrogen) atoms. The van der Waals surface area contributed by atoms with Crippen molar-refractivity contribution in [2.24, 2.45) is 0 Å². The van der Waals surface area contributed by atoms with Crippen LogP contribution in [0.1, 0.15) is 43.2 Å². The van der Waals surface area contributed by atoms with E-state index in [2.05, 4.69) is 47.1 Å². The molecule has 1 unspecified atom stereocenters. The highest BCUT2D eigenvalue weighted by molar-refractivity contribution is 5.75. The van der Waals surface area contributed by atoms with E-state index in [9.17, 15) is 9.90 Å². The van der Waals surface area contributed by atoms with Crippen molar-refractivity contribution in [3.05, 3.63) is 65.2 Å². The lowest BCUT2D eigenvalue weighted by Gasteiger charge is -2.35. The van der Waals surface area contributed by atoms with Gasteiger partial charge in [-0.1, -0.05) is 29.8 Å². The Hall–Kier alpha value is -2.79. The zero-order valence-corrected chi connectivity index (χ0v) is 18.5. The van der Waals surface area contributed by atoms with E-state index < -0.39 is 0 Å². The normalized spacial score (nSPS) is 19.7. The van der Waals surface area contributed by atoms with E-state index in [0.717, 1.165) is 56.6 Å². The smallest absolute Gasteiger partial charge is 0.325 e. The summed E-state index contributed by atoms with van der Waals surface area (Å²) in [5.74, 6) is 0.541.